The van der Waals surface area contributed by atoms with E-state index in [2.05, 4.69) is 5.32 Å². The molecule has 0 spiro atoms. The summed E-state index contributed by atoms with van der Waals surface area (Å²) in [6.07, 6.45) is 0.840. The number of benzene rings is 2. The number of rotatable bonds is 5. The lowest BCUT2D eigenvalue weighted by Crippen LogP contribution is -2.47. The summed E-state index contributed by atoms with van der Waals surface area (Å²) < 4.78 is 0. The highest BCUT2D eigenvalue weighted by atomic mass is 16.2. The summed E-state index contributed by atoms with van der Waals surface area (Å²) in [5, 5.41) is 2.79. The van der Waals surface area contributed by atoms with Crippen LogP contribution in [0.5, 0.6) is 0 Å². The molecule has 2 aromatic rings. The second-order valence-electron chi connectivity index (χ2n) is 6.60. The quantitative estimate of drug-likeness (QED) is 0.899. The van der Waals surface area contributed by atoms with E-state index in [-0.39, 0.29) is 24.5 Å². The minimum atomic E-state index is -0.216. The van der Waals surface area contributed by atoms with E-state index in [9.17, 15) is 9.59 Å². The molecule has 3 rings (SSSR count). The minimum Gasteiger partial charge on any atom is -0.337 e. The van der Waals surface area contributed by atoms with Crippen molar-refractivity contribution in [1.82, 2.24) is 10.2 Å². The number of amides is 3. The van der Waals surface area contributed by atoms with Crippen LogP contribution in [0.25, 0.3) is 0 Å². The van der Waals surface area contributed by atoms with Crippen LogP contribution in [0, 0.1) is 0 Å². The molecule has 0 radical (unpaired) electrons. The first-order valence-electron chi connectivity index (χ1n) is 9.06. The Morgan fingerprint density at radius 3 is 2.54 bits per heavy atom. The van der Waals surface area contributed by atoms with Gasteiger partial charge in [0.1, 0.15) is 0 Å². The van der Waals surface area contributed by atoms with Crippen LogP contribution >= 0.6 is 0 Å². The van der Waals surface area contributed by atoms with Gasteiger partial charge in [-0.05, 0) is 37.5 Å². The van der Waals surface area contributed by atoms with Crippen molar-refractivity contribution in [3.05, 3.63) is 65.7 Å². The van der Waals surface area contributed by atoms with Gasteiger partial charge in [0, 0.05) is 24.8 Å². The summed E-state index contributed by atoms with van der Waals surface area (Å²) in [5.74, 6) is -0.0789. The number of carbonyl (C=O) groups is 2. The minimum absolute atomic E-state index is 0.00485. The SMILES string of the molecule is CCN(Cc1ccccc1)C(=O)CNC(=O)N1c2ccccc2CC1C. The molecule has 26 heavy (non-hydrogen) atoms. The molecule has 0 saturated carbocycles. The Hall–Kier alpha value is -2.82. The van der Waals surface area contributed by atoms with Gasteiger partial charge in [0.25, 0.3) is 0 Å². The molecule has 1 atom stereocenters. The lowest BCUT2D eigenvalue weighted by molar-refractivity contribution is -0.130. The topological polar surface area (TPSA) is 52.7 Å². The number of fused-ring (bicyclic) bond motifs is 1. The van der Waals surface area contributed by atoms with Crippen LogP contribution in [-0.4, -0.2) is 36.0 Å². The smallest absolute Gasteiger partial charge is 0.322 e. The van der Waals surface area contributed by atoms with Crippen molar-refractivity contribution in [3.8, 4) is 0 Å². The normalized spacial score (nSPS) is 15.5. The highest BCUT2D eigenvalue weighted by Crippen LogP contribution is 2.31. The van der Waals surface area contributed by atoms with Crippen LogP contribution in [0.4, 0.5) is 10.5 Å². The van der Waals surface area contributed by atoms with Crippen molar-refractivity contribution in [2.24, 2.45) is 0 Å². The molecule has 0 aliphatic carbocycles. The highest BCUT2D eigenvalue weighted by molar-refractivity contribution is 5.96. The van der Waals surface area contributed by atoms with Crippen molar-refractivity contribution in [1.29, 1.82) is 0 Å². The molecule has 0 saturated heterocycles. The molecule has 0 bridgehead atoms. The predicted molar refractivity (Wildman–Crippen MR) is 103 cm³/mol. The number of urea groups is 1. The molecular weight excluding hydrogens is 326 g/mol. The summed E-state index contributed by atoms with van der Waals surface area (Å²) in [6, 6.07) is 17.7. The molecule has 0 aromatic heterocycles. The maximum Gasteiger partial charge on any atom is 0.322 e. The fourth-order valence-electron chi connectivity index (χ4n) is 3.40. The van der Waals surface area contributed by atoms with Crippen molar-refractivity contribution < 1.29 is 9.59 Å². The van der Waals surface area contributed by atoms with Gasteiger partial charge in [-0.1, -0.05) is 48.5 Å². The van der Waals surface area contributed by atoms with Crippen molar-refractivity contribution in [2.45, 2.75) is 32.9 Å². The van der Waals surface area contributed by atoms with E-state index in [0.29, 0.717) is 13.1 Å². The second-order valence-corrected chi connectivity index (χ2v) is 6.60. The van der Waals surface area contributed by atoms with Crippen LogP contribution in [-0.2, 0) is 17.8 Å². The Kier molecular flexibility index (Phi) is 5.56. The number of anilines is 1. The maximum absolute atomic E-state index is 12.6. The average molecular weight is 351 g/mol. The lowest BCUT2D eigenvalue weighted by atomic mass is 10.1. The molecule has 0 fully saturated rings. The van der Waals surface area contributed by atoms with Crippen LogP contribution in [0.1, 0.15) is 25.0 Å². The third-order valence-corrected chi connectivity index (χ3v) is 4.77. The summed E-state index contributed by atoms with van der Waals surface area (Å²) in [6.45, 7) is 5.13. The van der Waals surface area contributed by atoms with E-state index in [1.165, 1.54) is 5.56 Å². The molecular formula is C21H25N3O2. The molecule has 3 amide bonds. The van der Waals surface area contributed by atoms with Gasteiger partial charge in [-0.2, -0.15) is 0 Å². The number of carbonyl (C=O) groups excluding carboxylic acids is 2. The van der Waals surface area contributed by atoms with Crippen molar-refractivity contribution in [2.75, 3.05) is 18.0 Å². The van der Waals surface area contributed by atoms with E-state index in [0.717, 1.165) is 17.7 Å². The monoisotopic (exact) mass is 351 g/mol. The van der Waals surface area contributed by atoms with Gasteiger partial charge in [-0.15, -0.1) is 0 Å². The first-order chi connectivity index (χ1) is 12.6. The van der Waals surface area contributed by atoms with Gasteiger partial charge in [0.2, 0.25) is 5.91 Å². The zero-order chi connectivity index (χ0) is 18.5. The predicted octanol–water partition coefficient (Wildman–Crippen LogP) is 3.20. The average Bonchev–Trinajstić information content (AvgIpc) is 3.00. The lowest BCUT2D eigenvalue weighted by Gasteiger charge is -2.25. The van der Waals surface area contributed by atoms with Gasteiger partial charge < -0.3 is 10.2 Å². The number of hydrogen-bond acceptors (Lipinski definition) is 2. The third-order valence-electron chi connectivity index (χ3n) is 4.77. The third kappa shape index (κ3) is 3.87. The first-order valence-corrected chi connectivity index (χ1v) is 9.06. The van der Waals surface area contributed by atoms with E-state index < -0.39 is 0 Å². The largest absolute Gasteiger partial charge is 0.337 e. The number of para-hydroxylation sites is 1. The van der Waals surface area contributed by atoms with Crippen LogP contribution in [0.2, 0.25) is 0 Å². The molecule has 1 unspecified atom stereocenters. The van der Waals surface area contributed by atoms with Gasteiger partial charge in [0.05, 0.1) is 6.54 Å². The fraction of sp³-hybridized carbons (Fsp3) is 0.333. The van der Waals surface area contributed by atoms with Crippen LogP contribution in [0.3, 0.4) is 0 Å². The Morgan fingerprint density at radius 2 is 1.81 bits per heavy atom. The van der Waals surface area contributed by atoms with Gasteiger partial charge in [-0.3, -0.25) is 9.69 Å². The molecule has 5 nitrogen and oxygen atoms in total. The summed E-state index contributed by atoms with van der Waals surface area (Å²) >= 11 is 0. The van der Waals surface area contributed by atoms with Gasteiger partial charge >= 0.3 is 6.03 Å². The Bertz CT molecular complexity index is 776. The van der Waals surface area contributed by atoms with E-state index in [1.54, 1.807) is 9.80 Å². The van der Waals surface area contributed by atoms with Gasteiger partial charge in [-0.25, -0.2) is 4.79 Å². The molecule has 136 valence electrons. The van der Waals surface area contributed by atoms with Crippen molar-refractivity contribution in [3.63, 3.8) is 0 Å². The number of likely N-dealkylation sites (N-methyl/N-ethyl adjacent to an activating group) is 1. The zero-order valence-corrected chi connectivity index (χ0v) is 15.3. The van der Waals surface area contributed by atoms with Crippen LogP contribution in [0.15, 0.2) is 54.6 Å². The molecule has 1 N–H and O–H groups in total. The molecule has 5 heteroatoms. The van der Waals surface area contributed by atoms with E-state index in [1.807, 2.05) is 68.4 Å². The molecule has 2 aromatic carbocycles. The maximum atomic E-state index is 12.6. The summed E-state index contributed by atoms with van der Waals surface area (Å²) in [4.78, 5) is 28.6. The number of nitrogens with one attached hydrogen (secondary N) is 1. The Morgan fingerprint density at radius 1 is 1.12 bits per heavy atom. The van der Waals surface area contributed by atoms with Crippen molar-refractivity contribution >= 4 is 17.6 Å². The Labute approximate surface area is 154 Å². The second kappa shape index (κ2) is 8.04. The number of nitrogens with zero attached hydrogens (tertiary/aromatic N) is 2. The Balaban J connectivity index is 1.59. The summed E-state index contributed by atoms with van der Waals surface area (Å²) in [5.41, 5.74) is 3.18. The standard InChI is InChI=1S/C21H25N3O2/c1-3-23(15-17-9-5-4-6-10-17)20(25)14-22-21(26)24-16(2)13-18-11-7-8-12-19(18)24/h4-12,16H,3,13-15H2,1-2H3,(H,22,26). The summed E-state index contributed by atoms with van der Waals surface area (Å²) in [7, 11) is 0. The molecule has 1 aliphatic rings. The molecule has 1 heterocycles. The highest BCUT2D eigenvalue weighted by Gasteiger charge is 2.30. The number of hydrogen-bond donors (Lipinski definition) is 1. The zero-order valence-electron chi connectivity index (χ0n) is 15.3. The van der Waals surface area contributed by atoms with E-state index in [4.69, 9.17) is 0 Å². The molecule has 1 aliphatic heterocycles. The van der Waals surface area contributed by atoms with Gasteiger partial charge in [0.15, 0.2) is 0 Å². The van der Waals surface area contributed by atoms with Crippen LogP contribution < -0.4 is 10.2 Å². The first kappa shape index (κ1) is 18.0. The van der Waals surface area contributed by atoms with E-state index >= 15 is 0 Å². The fourth-order valence-corrected chi connectivity index (χ4v) is 3.40.